The molecule has 4 heteroatoms. The first kappa shape index (κ1) is 12.5. The third-order valence-electron chi connectivity index (χ3n) is 1.91. The molecule has 2 unspecified atom stereocenters. The predicted molar refractivity (Wildman–Crippen MR) is 70.2 cm³/mol. The summed E-state index contributed by atoms with van der Waals surface area (Å²) in [5, 5.41) is 0.764. The van der Waals surface area contributed by atoms with E-state index in [2.05, 4.69) is 13.5 Å². The summed E-state index contributed by atoms with van der Waals surface area (Å²) in [7, 11) is 0. The van der Waals surface area contributed by atoms with Crippen molar-refractivity contribution in [2.45, 2.75) is 29.6 Å². The van der Waals surface area contributed by atoms with Crippen molar-refractivity contribution in [3.63, 3.8) is 0 Å². The molecule has 0 radical (unpaired) electrons. The molecule has 14 heavy (non-hydrogen) atoms. The van der Waals surface area contributed by atoms with E-state index in [0.29, 0.717) is 5.25 Å². The minimum atomic E-state index is 0.106. The monoisotopic (exact) mass is 248 g/mol. The van der Waals surface area contributed by atoms with Gasteiger partial charge in [0.2, 0.25) is 5.12 Å². The van der Waals surface area contributed by atoms with Crippen LogP contribution in [0.3, 0.4) is 0 Å². The van der Waals surface area contributed by atoms with Crippen LogP contribution in [-0.2, 0) is 4.79 Å². The number of carbonyl (C=O) groups excluding carboxylic acids is 1. The minimum Gasteiger partial charge on any atom is -0.282 e. The van der Waals surface area contributed by atoms with Crippen LogP contribution in [-0.4, -0.2) is 26.5 Å². The van der Waals surface area contributed by atoms with E-state index in [4.69, 9.17) is 0 Å². The van der Waals surface area contributed by atoms with Crippen LogP contribution < -0.4 is 0 Å². The molecule has 0 aromatic heterocycles. The molecule has 0 aliphatic carbocycles. The highest BCUT2D eigenvalue weighted by Gasteiger charge is 2.25. The SMILES string of the molecule is C=CC(=O)SCC1CSC(CCC)S1. The summed E-state index contributed by atoms with van der Waals surface area (Å²) in [5.74, 6) is 2.15. The summed E-state index contributed by atoms with van der Waals surface area (Å²) in [6.45, 7) is 5.69. The topological polar surface area (TPSA) is 17.1 Å². The average Bonchev–Trinajstić information content (AvgIpc) is 2.63. The minimum absolute atomic E-state index is 0.106. The molecule has 0 aromatic rings. The summed E-state index contributed by atoms with van der Waals surface area (Å²) < 4.78 is 0.768. The maximum atomic E-state index is 11.0. The molecule has 80 valence electrons. The fraction of sp³-hybridized carbons (Fsp3) is 0.700. The summed E-state index contributed by atoms with van der Waals surface area (Å²) in [5.41, 5.74) is 0. The molecule has 0 spiro atoms. The lowest BCUT2D eigenvalue weighted by Gasteiger charge is -2.07. The number of hydrogen-bond donors (Lipinski definition) is 0. The second-order valence-electron chi connectivity index (χ2n) is 3.14. The van der Waals surface area contributed by atoms with E-state index < -0.39 is 0 Å². The molecule has 0 N–H and O–H groups in total. The van der Waals surface area contributed by atoms with Crippen LogP contribution in [0.15, 0.2) is 12.7 Å². The van der Waals surface area contributed by atoms with Crippen molar-refractivity contribution in [2.24, 2.45) is 0 Å². The fourth-order valence-electron chi connectivity index (χ4n) is 1.22. The zero-order valence-electron chi connectivity index (χ0n) is 8.40. The summed E-state index contributed by atoms with van der Waals surface area (Å²) >= 11 is 5.49. The maximum absolute atomic E-state index is 11.0. The second kappa shape index (κ2) is 6.85. The molecule has 1 saturated heterocycles. The smallest absolute Gasteiger partial charge is 0.211 e. The van der Waals surface area contributed by atoms with Gasteiger partial charge in [0, 0.05) is 16.8 Å². The van der Waals surface area contributed by atoms with E-state index in [-0.39, 0.29) is 5.12 Å². The van der Waals surface area contributed by atoms with Gasteiger partial charge in [0.05, 0.1) is 4.58 Å². The van der Waals surface area contributed by atoms with E-state index in [1.54, 1.807) is 0 Å². The van der Waals surface area contributed by atoms with Crippen LogP contribution in [0.2, 0.25) is 0 Å². The summed E-state index contributed by atoms with van der Waals surface area (Å²) in [6, 6.07) is 0. The van der Waals surface area contributed by atoms with Crippen LogP contribution in [0.1, 0.15) is 19.8 Å². The van der Waals surface area contributed by atoms with Gasteiger partial charge in [-0.3, -0.25) is 4.79 Å². The Balaban J connectivity index is 2.15. The molecule has 0 aromatic carbocycles. The van der Waals surface area contributed by atoms with Crippen LogP contribution in [0.4, 0.5) is 0 Å². The Hall–Kier alpha value is 0.460. The Labute approximate surface area is 98.9 Å². The van der Waals surface area contributed by atoms with Crippen molar-refractivity contribution in [3.8, 4) is 0 Å². The van der Waals surface area contributed by atoms with Crippen LogP contribution in [0, 0.1) is 0 Å². The van der Waals surface area contributed by atoms with E-state index in [9.17, 15) is 4.79 Å². The molecule has 1 heterocycles. The van der Waals surface area contributed by atoms with Crippen molar-refractivity contribution in [3.05, 3.63) is 12.7 Å². The van der Waals surface area contributed by atoms with Gasteiger partial charge in [0.1, 0.15) is 0 Å². The van der Waals surface area contributed by atoms with Gasteiger partial charge in [-0.1, -0.05) is 31.7 Å². The molecular formula is C10H16OS3. The van der Waals surface area contributed by atoms with Gasteiger partial charge in [0.15, 0.2) is 0 Å². The van der Waals surface area contributed by atoms with Gasteiger partial charge < -0.3 is 0 Å². The van der Waals surface area contributed by atoms with Gasteiger partial charge in [-0.25, -0.2) is 0 Å². The molecule has 0 amide bonds. The third kappa shape index (κ3) is 4.32. The number of hydrogen-bond acceptors (Lipinski definition) is 4. The summed E-state index contributed by atoms with van der Waals surface area (Å²) in [4.78, 5) is 11.0. The molecule has 2 atom stereocenters. The van der Waals surface area contributed by atoms with Gasteiger partial charge in [-0.15, -0.1) is 23.5 Å². The Kier molecular flexibility index (Phi) is 6.13. The van der Waals surface area contributed by atoms with Gasteiger partial charge in [-0.05, 0) is 12.5 Å². The quantitative estimate of drug-likeness (QED) is 0.693. The number of rotatable bonds is 5. The lowest BCUT2D eigenvalue weighted by atomic mass is 10.4. The van der Waals surface area contributed by atoms with Crippen molar-refractivity contribution in [1.82, 2.24) is 0 Å². The zero-order chi connectivity index (χ0) is 10.4. The van der Waals surface area contributed by atoms with E-state index >= 15 is 0 Å². The van der Waals surface area contributed by atoms with Crippen molar-refractivity contribution < 1.29 is 4.79 Å². The fourth-order valence-corrected chi connectivity index (χ4v) is 5.79. The molecule has 0 saturated carbocycles. The van der Waals surface area contributed by atoms with E-state index in [0.717, 1.165) is 10.3 Å². The molecular weight excluding hydrogens is 232 g/mol. The Bertz CT molecular complexity index is 206. The molecule has 1 aliphatic rings. The van der Waals surface area contributed by atoms with Crippen molar-refractivity contribution in [1.29, 1.82) is 0 Å². The van der Waals surface area contributed by atoms with E-state index in [1.165, 1.54) is 36.4 Å². The molecule has 0 bridgehead atoms. The summed E-state index contributed by atoms with van der Waals surface area (Å²) in [6.07, 6.45) is 3.96. The normalized spacial score (nSPS) is 26.4. The zero-order valence-corrected chi connectivity index (χ0v) is 10.9. The van der Waals surface area contributed by atoms with Crippen LogP contribution >= 0.6 is 35.3 Å². The lowest BCUT2D eigenvalue weighted by Crippen LogP contribution is -2.06. The van der Waals surface area contributed by atoms with Crippen molar-refractivity contribution >= 4 is 40.4 Å². The average molecular weight is 248 g/mol. The van der Waals surface area contributed by atoms with Gasteiger partial charge in [0.25, 0.3) is 0 Å². The first-order chi connectivity index (χ1) is 6.76. The van der Waals surface area contributed by atoms with Gasteiger partial charge in [-0.2, -0.15) is 0 Å². The van der Waals surface area contributed by atoms with Crippen LogP contribution in [0.5, 0.6) is 0 Å². The van der Waals surface area contributed by atoms with E-state index in [1.807, 2.05) is 23.5 Å². The van der Waals surface area contributed by atoms with Crippen molar-refractivity contribution in [2.75, 3.05) is 11.5 Å². The highest BCUT2D eigenvalue weighted by molar-refractivity contribution is 8.21. The van der Waals surface area contributed by atoms with Crippen LogP contribution in [0.25, 0.3) is 0 Å². The first-order valence-electron chi connectivity index (χ1n) is 4.82. The Morgan fingerprint density at radius 3 is 3.14 bits per heavy atom. The van der Waals surface area contributed by atoms with Gasteiger partial charge >= 0.3 is 0 Å². The lowest BCUT2D eigenvalue weighted by molar-refractivity contribution is -0.107. The first-order valence-corrected chi connectivity index (χ1v) is 7.80. The Morgan fingerprint density at radius 1 is 1.71 bits per heavy atom. The standard InChI is InChI=1S/C10H16OS3/c1-3-5-10-13-7-8(14-10)6-12-9(11)4-2/h4,8,10H,2-3,5-7H2,1H3. The largest absolute Gasteiger partial charge is 0.282 e. The number of thioether (sulfide) groups is 3. The Morgan fingerprint density at radius 2 is 2.50 bits per heavy atom. The molecule has 1 nitrogen and oxygen atoms in total. The highest BCUT2D eigenvalue weighted by Crippen LogP contribution is 2.41. The maximum Gasteiger partial charge on any atom is 0.211 e. The molecule has 1 rings (SSSR count). The molecule has 1 aliphatic heterocycles. The highest BCUT2D eigenvalue weighted by atomic mass is 32.2. The predicted octanol–water partition coefficient (Wildman–Crippen LogP) is 3.41. The second-order valence-corrected chi connectivity index (χ2v) is 7.21. The number of carbonyl (C=O) groups is 1. The third-order valence-corrected chi connectivity index (χ3v) is 6.56. The molecule has 1 fully saturated rings.